The Kier molecular flexibility index (Phi) is 11.3. The molecule has 0 spiro atoms. The predicted octanol–water partition coefficient (Wildman–Crippen LogP) is 5.30. The summed E-state index contributed by atoms with van der Waals surface area (Å²) < 4.78 is 1.78. The van der Waals surface area contributed by atoms with Crippen molar-refractivity contribution in [3.05, 3.63) is 58.0 Å². The van der Waals surface area contributed by atoms with Gasteiger partial charge < -0.3 is 15.3 Å². The van der Waals surface area contributed by atoms with Gasteiger partial charge in [-0.3, -0.25) is 9.59 Å². The second-order valence-electron chi connectivity index (χ2n) is 10.4. The van der Waals surface area contributed by atoms with Crippen LogP contribution in [0.2, 0.25) is 10.0 Å². The molecule has 210 valence electrons. The zero-order chi connectivity index (χ0) is 28.4. The molecule has 3 aromatic rings. The zero-order valence-electron chi connectivity index (χ0n) is 22.7. The lowest BCUT2D eigenvalue weighted by atomic mass is 9.98. The predicted molar refractivity (Wildman–Crippen MR) is 155 cm³/mol. The van der Waals surface area contributed by atoms with Gasteiger partial charge in [0.05, 0.1) is 30.0 Å². The quantitative estimate of drug-likeness (QED) is 0.406. The summed E-state index contributed by atoms with van der Waals surface area (Å²) in [7, 11) is 0. The molecule has 1 fully saturated rings. The minimum Gasteiger partial charge on any atom is -0.481 e. The van der Waals surface area contributed by atoms with Gasteiger partial charge in [0, 0.05) is 23.1 Å². The van der Waals surface area contributed by atoms with Crippen molar-refractivity contribution in [3.63, 3.8) is 0 Å². The number of amides is 1. The minimum atomic E-state index is -0.757. The van der Waals surface area contributed by atoms with Crippen LogP contribution in [-0.4, -0.2) is 68.3 Å². The second-order valence-corrected chi connectivity index (χ2v) is 11.3. The maximum atomic E-state index is 10.8. The minimum absolute atomic E-state index is 0.482. The molecule has 39 heavy (non-hydrogen) atoms. The first-order valence-electron chi connectivity index (χ1n) is 13.0. The maximum Gasteiger partial charge on any atom is 0.308 e. The molecule has 0 unspecified atom stereocenters. The molecule has 1 saturated heterocycles. The van der Waals surface area contributed by atoms with Gasteiger partial charge in [0.25, 0.3) is 0 Å². The molecule has 2 aliphatic rings. The standard InChI is InChI=1S/C18H15Cl2N5O.C5H11N.C5H10O2/c19-14-2-1-13(15(20)7-14)10-25-18-17(9-22-25)21-8-16(23-18)12-3-5-24(11-26)6-4-12;1-2-4-6-5-3-1;1-5(2,3)4(6)7/h1-3,7-9,11H,4-6,10H2;6H,1-5H2;1-3H3,(H,6,7). The fourth-order valence-electron chi connectivity index (χ4n) is 3.75. The zero-order valence-corrected chi connectivity index (χ0v) is 24.2. The number of carbonyl (C=O) groups excluding carboxylic acids is 1. The first-order valence-corrected chi connectivity index (χ1v) is 13.8. The second kappa shape index (κ2) is 14.4. The van der Waals surface area contributed by atoms with E-state index in [0.29, 0.717) is 35.3 Å². The van der Waals surface area contributed by atoms with Crippen LogP contribution in [-0.2, 0) is 16.1 Å². The van der Waals surface area contributed by atoms with Gasteiger partial charge in [-0.2, -0.15) is 5.10 Å². The van der Waals surface area contributed by atoms with Gasteiger partial charge in [0.2, 0.25) is 6.41 Å². The molecule has 2 N–H and O–H groups in total. The van der Waals surface area contributed by atoms with Crippen molar-refractivity contribution in [1.29, 1.82) is 0 Å². The number of aliphatic carboxylic acids is 1. The molecule has 5 rings (SSSR count). The van der Waals surface area contributed by atoms with Gasteiger partial charge in [-0.25, -0.2) is 14.6 Å². The molecule has 9 nitrogen and oxygen atoms in total. The number of piperidine rings is 1. The van der Waals surface area contributed by atoms with Gasteiger partial charge in [-0.1, -0.05) is 41.8 Å². The molecule has 11 heteroatoms. The summed E-state index contributed by atoms with van der Waals surface area (Å²) in [5.41, 5.74) is 3.66. The highest BCUT2D eigenvalue weighted by atomic mass is 35.5. The Morgan fingerprint density at radius 3 is 2.38 bits per heavy atom. The lowest BCUT2D eigenvalue weighted by Gasteiger charge is -2.21. The first-order chi connectivity index (χ1) is 18.6. The Hall–Kier alpha value is -3.01. The summed E-state index contributed by atoms with van der Waals surface area (Å²) in [5.74, 6) is -0.757. The highest BCUT2D eigenvalue weighted by molar-refractivity contribution is 6.35. The Bertz CT molecular complexity index is 1290. The van der Waals surface area contributed by atoms with Crippen molar-refractivity contribution in [2.75, 3.05) is 26.2 Å². The molecule has 2 aliphatic heterocycles. The van der Waals surface area contributed by atoms with Gasteiger partial charge in [-0.05, 0) is 76.4 Å². The Morgan fingerprint density at radius 1 is 1.15 bits per heavy atom. The Balaban J connectivity index is 0.000000267. The maximum absolute atomic E-state index is 10.8. The van der Waals surface area contributed by atoms with E-state index in [1.807, 2.05) is 12.1 Å². The summed E-state index contributed by atoms with van der Waals surface area (Å²) in [6.07, 6.45) is 11.3. The number of carboxylic acid groups (broad SMARTS) is 1. The van der Waals surface area contributed by atoms with Crippen molar-refractivity contribution in [1.82, 2.24) is 30.0 Å². The average molecular weight is 576 g/mol. The number of hydrogen-bond donors (Lipinski definition) is 2. The average Bonchev–Trinajstić information content (AvgIpc) is 3.33. The summed E-state index contributed by atoms with van der Waals surface area (Å²) >= 11 is 12.2. The molecule has 0 radical (unpaired) electrons. The van der Waals surface area contributed by atoms with Crippen LogP contribution in [0.5, 0.6) is 0 Å². The number of nitrogens with zero attached hydrogens (tertiary/aromatic N) is 5. The van der Waals surface area contributed by atoms with Crippen molar-refractivity contribution in [2.24, 2.45) is 5.41 Å². The van der Waals surface area contributed by atoms with Crippen molar-refractivity contribution in [2.45, 2.75) is 53.0 Å². The number of hydrogen-bond acceptors (Lipinski definition) is 6. The lowest BCUT2D eigenvalue weighted by Crippen LogP contribution is -2.26. The number of aromatic nitrogens is 4. The van der Waals surface area contributed by atoms with Gasteiger partial charge in [0.1, 0.15) is 5.52 Å². The summed E-state index contributed by atoms with van der Waals surface area (Å²) in [5, 5.41) is 17.1. The lowest BCUT2D eigenvalue weighted by molar-refractivity contribution is -0.145. The van der Waals surface area contributed by atoms with Crippen LogP contribution in [0.1, 0.15) is 57.7 Å². The van der Waals surface area contributed by atoms with Crippen molar-refractivity contribution in [3.8, 4) is 0 Å². The fourth-order valence-corrected chi connectivity index (χ4v) is 4.21. The molecule has 1 amide bonds. The molecule has 0 bridgehead atoms. The van der Waals surface area contributed by atoms with Crippen LogP contribution >= 0.6 is 23.2 Å². The summed E-state index contributed by atoms with van der Waals surface area (Å²) in [4.78, 5) is 31.8. The van der Waals surface area contributed by atoms with E-state index in [9.17, 15) is 9.59 Å². The molecule has 0 aliphatic carbocycles. The monoisotopic (exact) mass is 574 g/mol. The van der Waals surface area contributed by atoms with Gasteiger partial charge in [0.15, 0.2) is 5.65 Å². The third-order valence-electron chi connectivity index (χ3n) is 6.25. The topological polar surface area (TPSA) is 113 Å². The highest BCUT2D eigenvalue weighted by Gasteiger charge is 2.19. The molecule has 2 aromatic heterocycles. The van der Waals surface area contributed by atoms with E-state index in [2.05, 4.69) is 15.4 Å². The third kappa shape index (κ3) is 9.30. The van der Waals surface area contributed by atoms with E-state index in [1.54, 1.807) is 54.9 Å². The number of rotatable bonds is 4. The molecular formula is C28H36Cl2N6O3. The molecule has 4 heterocycles. The van der Waals surface area contributed by atoms with E-state index in [1.165, 1.54) is 32.4 Å². The van der Waals surface area contributed by atoms with Gasteiger partial charge >= 0.3 is 5.97 Å². The third-order valence-corrected chi connectivity index (χ3v) is 6.83. The fraction of sp³-hybridized carbons (Fsp3) is 0.464. The number of halogens is 2. The molecule has 1 aromatic carbocycles. The number of nitrogens with one attached hydrogen (secondary N) is 1. The molecular weight excluding hydrogens is 539 g/mol. The van der Waals surface area contributed by atoms with Crippen LogP contribution in [0.3, 0.4) is 0 Å². The van der Waals surface area contributed by atoms with E-state index in [0.717, 1.165) is 35.2 Å². The van der Waals surface area contributed by atoms with Gasteiger partial charge in [-0.15, -0.1) is 0 Å². The highest BCUT2D eigenvalue weighted by Crippen LogP contribution is 2.24. The number of carbonyl (C=O) groups is 2. The normalized spacial score (nSPS) is 15.4. The largest absolute Gasteiger partial charge is 0.481 e. The van der Waals surface area contributed by atoms with E-state index < -0.39 is 11.4 Å². The Morgan fingerprint density at radius 2 is 1.87 bits per heavy atom. The van der Waals surface area contributed by atoms with Crippen LogP contribution in [0.4, 0.5) is 0 Å². The van der Waals surface area contributed by atoms with Crippen LogP contribution in [0.25, 0.3) is 16.7 Å². The summed E-state index contributed by atoms with van der Waals surface area (Å²) in [6.45, 7) is 9.25. The first kappa shape index (κ1) is 30.5. The van der Waals surface area contributed by atoms with Crippen molar-refractivity contribution >= 4 is 52.3 Å². The number of fused-ring (bicyclic) bond motifs is 1. The van der Waals surface area contributed by atoms with E-state index >= 15 is 0 Å². The smallest absolute Gasteiger partial charge is 0.308 e. The van der Waals surface area contributed by atoms with Crippen LogP contribution in [0.15, 0.2) is 36.7 Å². The van der Waals surface area contributed by atoms with Crippen molar-refractivity contribution < 1.29 is 14.7 Å². The number of benzene rings is 1. The van der Waals surface area contributed by atoms with E-state index in [-0.39, 0.29) is 0 Å². The SMILES string of the molecule is C1CCNCC1.CC(C)(C)C(=O)O.O=CN1CC=C(c2cnc3cnn(Cc4ccc(Cl)cc4Cl)c3n2)CC1. The van der Waals surface area contributed by atoms with Crippen LogP contribution in [0, 0.1) is 5.41 Å². The molecule has 0 atom stereocenters. The summed E-state index contributed by atoms with van der Waals surface area (Å²) in [6, 6.07) is 5.40. The van der Waals surface area contributed by atoms with Crippen LogP contribution < -0.4 is 5.32 Å². The Labute approximate surface area is 239 Å². The van der Waals surface area contributed by atoms with E-state index in [4.69, 9.17) is 33.3 Å². The number of carboxylic acids is 1. The molecule has 0 saturated carbocycles.